The predicted molar refractivity (Wildman–Crippen MR) is 68.4 cm³/mol. The van der Waals surface area contributed by atoms with Gasteiger partial charge in [-0.15, -0.1) is 0 Å². The van der Waals surface area contributed by atoms with Crippen LogP contribution in [0.15, 0.2) is 24.3 Å². The highest BCUT2D eigenvalue weighted by Gasteiger charge is 2.01. The van der Waals surface area contributed by atoms with Crippen molar-refractivity contribution in [1.29, 1.82) is 0 Å². The molecule has 0 saturated carbocycles. The van der Waals surface area contributed by atoms with Gasteiger partial charge >= 0.3 is 0 Å². The van der Waals surface area contributed by atoms with Gasteiger partial charge in [-0.2, -0.15) is 12.6 Å². The average Bonchev–Trinajstić information content (AvgIpc) is 2.20. The molecule has 0 heterocycles. The van der Waals surface area contributed by atoms with E-state index in [1.165, 1.54) is 6.92 Å². The lowest BCUT2D eigenvalue weighted by Crippen LogP contribution is -1.96. The van der Waals surface area contributed by atoms with Crippen molar-refractivity contribution in [1.82, 2.24) is 0 Å². The number of nitrogens with two attached hydrogens (primary N) is 1. The molecule has 0 aromatic heterocycles. The van der Waals surface area contributed by atoms with Gasteiger partial charge in [-0.3, -0.25) is 4.79 Å². The number of allylic oxidation sites excluding steroid dienone is 1. The van der Waals surface area contributed by atoms with Crippen LogP contribution < -0.4 is 5.73 Å². The standard InChI is InChI=1S/C12H15NOS/c1-9(14)11-6-5-10(12(13)8-11)4-2-3-7-15/h2,4-6,8,15H,3,7,13H2,1H3. The summed E-state index contributed by atoms with van der Waals surface area (Å²) in [7, 11) is 0. The molecule has 1 rings (SSSR count). The van der Waals surface area contributed by atoms with Crippen LogP contribution >= 0.6 is 12.6 Å². The Labute approximate surface area is 95.6 Å². The van der Waals surface area contributed by atoms with Crippen LogP contribution in [-0.4, -0.2) is 11.5 Å². The number of hydrogen-bond donors (Lipinski definition) is 2. The fourth-order valence-corrected chi connectivity index (χ4v) is 1.38. The largest absolute Gasteiger partial charge is 0.398 e. The van der Waals surface area contributed by atoms with Gasteiger partial charge in [0.05, 0.1) is 0 Å². The number of Topliss-reactive ketones (excluding diaryl/α,β-unsaturated/α-hetero) is 1. The third-order valence-electron chi connectivity index (χ3n) is 2.09. The van der Waals surface area contributed by atoms with E-state index in [1.54, 1.807) is 12.1 Å². The van der Waals surface area contributed by atoms with Crippen molar-refractivity contribution in [3.8, 4) is 0 Å². The van der Waals surface area contributed by atoms with Crippen LogP contribution in [0.4, 0.5) is 5.69 Å². The zero-order valence-electron chi connectivity index (χ0n) is 8.73. The van der Waals surface area contributed by atoms with E-state index in [4.69, 9.17) is 5.73 Å². The molecule has 0 atom stereocenters. The maximum absolute atomic E-state index is 11.1. The Hall–Kier alpha value is -1.22. The first-order chi connectivity index (χ1) is 7.15. The molecular weight excluding hydrogens is 206 g/mol. The van der Waals surface area contributed by atoms with Crippen molar-refractivity contribution in [2.45, 2.75) is 13.3 Å². The maximum Gasteiger partial charge on any atom is 0.159 e. The zero-order valence-corrected chi connectivity index (χ0v) is 9.63. The Morgan fingerprint density at radius 2 is 2.27 bits per heavy atom. The summed E-state index contributed by atoms with van der Waals surface area (Å²) < 4.78 is 0. The van der Waals surface area contributed by atoms with Gasteiger partial charge in [-0.05, 0) is 30.7 Å². The van der Waals surface area contributed by atoms with E-state index in [-0.39, 0.29) is 5.78 Å². The minimum Gasteiger partial charge on any atom is -0.398 e. The lowest BCUT2D eigenvalue weighted by molar-refractivity contribution is 0.101. The van der Waals surface area contributed by atoms with E-state index < -0.39 is 0 Å². The molecule has 0 bridgehead atoms. The molecule has 0 aliphatic rings. The molecule has 0 radical (unpaired) electrons. The molecule has 2 nitrogen and oxygen atoms in total. The van der Waals surface area contributed by atoms with Crippen LogP contribution in [-0.2, 0) is 0 Å². The van der Waals surface area contributed by atoms with Gasteiger partial charge in [0.25, 0.3) is 0 Å². The van der Waals surface area contributed by atoms with Crippen LogP contribution in [0.25, 0.3) is 6.08 Å². The summed E-state index contributed by atoms with van der Waals surface area (Å²) in [6.45, 7) is 1.53. The van der Waals surface area contributed by atoms with Crippen molar-refractivity contribution in [3.05, 3.63) is 35.4 Å². The molecule has 0 fully saturated rings. The summed E-state index contributed by atoms with van der Waals surface area (Å²) in [5.74, 6) is 0.856. The number of anilines is 1. The van der Waals surface area contributed by atoms with Crippen LogP contribution in [0.5, 0.6) is 0 Å². The Balaban J connectivity index is 2.88. The highest BCUT2D eigenvalue weighted by atomic mass is 32.1. The van der Waals surface area contributed by atoms with Gasteiger partial charge in [0.15, 0.2) is 5.78 Å². The maximum atomic E-state index is 11.1. The first-order valence-corrected chi connectivity index (χ1v) is 5.46. The van der Waals surface area contributed by atoms with Crippen LogP contribution in [0, 0.1) is 0 Å². The van der Waals surface area contributed by atoms with Crippen LogP contribution in [0.2, 0.25) is 0 Å². The number of carbonyl (C=O) groups is 1. The monoisotopic (exact) mass is 221 g/mol. The van der Waals surface area contributed by atoms with Crippen LogP contribution in [0.3, 0.4) is 0 Å². The number of ketones is 1. The number of rotatable bonds is 4. The fraction of sp³-hybridized carbons (Fsp3) is 0.250. The predicted octanol–water partition coefficient (Wildman–Crippen LogP) is 2.80. The second-order valence-corrected chi connectivity index (χ2v) is 3.76. The molecule has 0 spiro atoms. The number of benzene rings is 1. The summed E-state index contributed by atoms with van der Waals surface area (Å²) >= 11 is 4.11. The fourth-order valence-electron chi connectivity index (χ4n) is 1.23. The molecular formula is C12H15NOS. The van der Waals surface area contributed by atoms with Crippen molar-refractivity contribution < 1.29 is 4.79 Å². The molecule has 1 aromatic rings. The summed E-state index contributed by atoms with van der Waals surface area (Å²) in [6, 6.07) is 5.36. The summed E-state index contributed by atoms with van der Waals surface area (Å²) in [5, 5.41) is 0. The van der Waals surface area contributed by atoms with E-state index in [0.29, 0.717) is 11.3 Å². The molecule has 15 heavy (non-hydrogen) atoms. The Bertz CT molecular complexity index is 385. The minimum absolute atomic E-state index is 0.0348. The van der Waals surface area contributed by atoms with Gasteiger partial charge in [0.2, 0.25) is 0 Å². The molecule has 0 unspecified atom stereocenters. The molecule has 80 valence electrons. The lowest BCUT2D eigenvalue weighted by Gasteiger charge is -2.02. The highest BCUT2D eigenvalue weighted by molar-refractivity contribution is 7.80. The Morgan fingerprint density at radius 1 is 1.53 bits per heavy atom. The zero-order chi connectivity index (χ0) is 11.3. The molecule has 0 amide bonds. The molecule has 2 N–H and O–H groups in total. The number of nitrogen functional groups attached to an aromatic ring is 1. The van der Waals surface area contributed by atoms with Crippen molar-refractivity contribution in [2.24, 2.45) is 0 Å². The highest BCUT2D eigenvalue weighted by Crippen LogP contribution is 2.16. The second-order valence-electron chi connectivity index (χ2n) is 3.31. The average molecular weight is 221 g/mol. The molecule has 0 saturated heterocycles. The first kappa shape index (κ1) is 11.9. The molecule has 0 aliphatic carbocycles. The smallest absolute Gasteiger partial charge is 0.159 e. The van der Waals surface area contributed by atoms with E-state index >= 15 is 0 Å². The second kappa shape index (κ2) is 5.61. The molecule has 1 aromatic carbocycles. The third-order valence-corrected chi connectivity index (χ3v) is 2.34. The van der Waals surface area contributed by atoms with Gasteiger partial charge < -0.3 is 5.73 Å². The summed E-state index contributed by atoms with van der Waals surface area (Å²) in [4.78, 5) is 11.1. The Morgan fingerprint density at radius 3 is 2.80 bits per heavy atom. The van der Waals surface area contributed by atoms with E-state index in [0.717, 1.165) is 17.7 Å². The minimum atomic E-state index is 0.0348. The number of hydrogen-bond acceptors (Lipinski definition) is 3. The summed E-state index contributed by atoms with van der Waals surface area (Å²) in [5.41, 5.74) is 8.05. The topological polar surface area (TPSA) is 43.1 Å². The SMILES string of the molecule is CC(=O)c1ccc(C=CCCS)c(N)c1. The van der Waals surface area contributed by atoms with E-state index in [1.807, 2.05) is 18.2 Å². The Kier molecular flexibility index (Phi) is 4.43. The van der Waals surface area contributed by atoms with E-state index in [2.05, 4.69) is 12.6 Å². The van der Waals surface area contributed by atoms with Crippen LogP contribution in [0.1, 0.15) is 29.3 Å². The van der Waals surface area contributed by atoms with Crippen molar-refractivity contribution in [2.75, 3.05) is 11.5 Å². The van der Waals surface area contributed by atoms with Crippen molar-refractivity contribution in [3.63, 3.8) is 0 Å². The normalized spacial score (nSPS) is 10.8. The van der Waals surface area contributed by atoms with E-state index in [9.17, 15) is 4.79 Å². The number of carbonyl (C=O) groups excluding carboxylic acids is 1. The molecule has 0 aliphatic heterocycles. The third kappa shape index (κ3) is 3.44. The molecule has 3 heteroatoms. The lowest BCUT2D eigenvalue weighted by atomic mass is 10.1. The first-order valence-electron chi connectivity index (χ1n) is 4.83. The van der Waals surface area contributed by atoms with Gasteiger partial charge in [0.1, 0.15) is 0 Å². The summed E-state index contributed by atoms with van der Waals surface area (Å²) in [6.07, 6.45) is 4.89. The number of thiol groups is 1. The van der Waals surface area contributed by atoms with Gasteiger partial charge in [-0.1, -0.05) is 24.3 Å². The van der Waals surface area contributed by atoms with Crippen molar-refractivity contribution >= 4 is 30.2 Å². The van der Waals surface area contributed by atoms with Gasteiger partial charge in [-0.25, -0.2) is 0 Å². The quantitative estimate of drug-likeness (QED) is 0.466. The van der Waals surface area contributed by atoms with Gasteiger partial charge in [0, 0.05) is 11.3 Å².